The van der Waals surface area contributed by atoms with Crippen LogP contribution in [0.25, 0.3) is 0 Å². The third-order valence-corrected chi connectivity index (χ3v) is 2.81. The molecule has 0 amide bonds. The molecule has 1 aromatic rings. The lowest BCUT2D eigenvalue weighted by atomic mass is 10.1. The van der Waals surface area contributed by atoms with E-state index >= 15 is 0 Å². The van der Waals surface area contributed by atoms with E-state index < -0.39 is 0 Å². The van der Waals surface area contributed by atoms with Gasteiger partial charge in [-0.25, -0.2) is 0 Å². The Kier molecular flexibility index (Phi) is 6.22. The lowest BCUT2D eigenvalue weighted by Gasteiger charge is -2.18. The van der Waals surface area contributed by atoms with Crippen molar-refractivity contribution in [3.63, 3.8) is 0 Å². The van der Waals surface area contributed by atoms with Crippen molar-refractivity contribution < 1.29 is 9.47 Å². The molecule has 18 heavy (non-hydrogen) atoms. The molecule has 1 N–H and O–H groups in total. The van der Waals surface area contributed by atoms with Crippen molar-refractivity contribution in [1.82, 2.24) is 5.32 Å². The maximum atomic E-state index is 5.74. The number of hydrogen-bond donors (Lipinski definition) is 1. The van der Waals surface area contributed by atoms with Crippen LogP contribution in [0.15, 0.2) is 29.3 Å². The summed E-state index contributed by atoms with van der Waals surface area (Å²) in [5.74, 6) is 1.61. The smallest absolute Gasteiger partial charge is 0.128 e. The molecule has 100 valence electrons. The average molecular weight is 314 g/mol. The SMILES string of the molecule is C=C(Br)COc1cc(OC)ccc1C(C)NCC. The molecule has 0 spiro atoms. The minimum atomic E-state index is 0.236. The van der Waals surface area contributed by atoms with Gasteiger partial charge in [0.2, 0.25) is 0 Å². The topological polar surface area (TPSA) is 30.5 Å². The molecule has 0 heterocycles. The van der Waals surface area contributed by atoms with Crippen molar-refractivity contribution in [1.29, 1.82) is 0 Å². The molecule has 0 radical (unpaired) electrons. The van der Waals surface area contributed by atoms with Crippen molar-refractivity contribution in [3.8, 4) is 11.5 Å². The lowest BCUT2D eigenvalue weighted by Crippen LogP contribution is -2.18. The molecule has 4 heteroatoms. The summed E-state index contributed by atoms with van der Waals surface area (Å²) in [5.41, 5.74) is 1.12. The van der Waals surface area contributed by atoms with E-state index in [-0.39, 0.29) is 6.04 Å². The summed E-state index contributed by atoms with van der Waals surface area (Å²) in [7, 11) is 1.65. The standard InChI is InChI=1S/C14H20BrNO2/c1-5-16-11(3)13-7-6-12(17-4)8-14(13)18-9-10(2)15/h6-8,11,16H,2,5,9H2,1,3-4H3. The minimum Gasteiger partial charge on any atom is -0.497 e. The summed E-state index contributed by atoms with van der Waals surface area (Å²) in [6.07, 6.45) is 0. The number of hydrogen-bond acceptors (Lipinski definition) is 3. The maximum Gasteiger partial charge on any atom is 0.128 e. The van der Waals surface area contributed by atoms with Crippen molar-refractivity contribution >= 4 is 15.9 Å². The van der Waals surface area contributed by atoms with Gasteiger partial charge in [-0.2, -0.15) is 0 Å². The van der Waals surface area contributed by atoms with E-state index in [2.05, 4.69) is 41.7 Å². The quantitative estimate of drug-likeness (QED) is 0.833. The van der Waals surface area contributed by atoms with Gasteiger partial charge in [0.05, 0.1) is 7.11 Å². The molecule has 0 saturated carbocycles. The Morgan fingerprint density at radius 1 is 1.50 bits per heavy atom. The van der Waals surface area contributed by atoms with Gasteiger partial charge in [-0.3, -0.25) is 0 Å². The first-order chi connectivity index (χ1) is 8.58. The van der Waals surface area contributed by atoms with Gasteiger partial charge in [-0.1, -0.05) is 35.5 Å². The molecule has 0 aliphatic carbocycles. The van der Waals surface area contributed by atoms with Crippen LogP contribution in [0.3, 0.4) is 0 Å². The highest BCUT2D eigenvalue weighted by Crippen LogP contribution is 2.30. The number of methoxy groups -OCH3 is 1. The number of halogens is 1. The van der Waals surface area contributed by atoms with E-state index in [1.54, 1.807) is 7.11 Å². The van der Waals surface area contributed by atoms with Gasteiger partial charge in [-0.15, -0.1) is 0 Å². The van der Waals surface area contributed by atoms with Crippen molar-refractivity contribution in [2.45, 2.75) is 19.9 Å². The molecule has 0 aliphatic heterocycles. The highest BCUT2D eigenvalue weighted by Gasteiger charge is 2.12. The molecule has 1 unspecified atom stereocenters. The average Bonchev–Trinajstić information content (AvgIpc) is 2.36. The fourth-order valence-corrected chi connectivity index (χ4v) is 1.81. The van der Waals surface area contributed by atoms with Gasteiger partial charge in [0.1, 0.15) is 18.1 Å². The normalized spacial score (nSPS) is 12.0. The van der Waals surface area contributed by atoms with Crippen LogP contribution >= 0.6 is 15.9 Å². The molecular weight excluding hydrogens is 294 g/mol. The highest BCUT2D eigenvalue weighted by atomic mass is 79.9. The highest BCUT2D eigenvalue weighted by molar-refractivity contribution is 9.11. The summed E-state index contributed by atoms with van der Waals surface area (Å²) in [5, 5.41) is 3.37. The van der Waals surface area contributed by atoms with Crippen molar-refractivity contribution in [3.05, 3.63) is 34.8 Å². The zero-order chi connectivity index (χ0) is 13.5. The summed E-state index contributed by atoms with van der Waals surface area (Å²) in [6.45, 7) is 9.32. The molecule has 0 fully saturated rings. The fourth-order valence-electron chi connectivity index (χ4n) is 1.70. The van der Waals surface area contributed by atoms with Gasteiger partial charge in [-0.05, 0) is 19.5 Å². The minimum absolute atomic E-state index is 0.236. The van der Waals surface area contributed by atoms with Crippen molar-refractivity contribution in [2.24, 2.45) is 0 Å². The monoisotopic (exact) mass is 313 g/mol. The Labute approximate surface area is 117 Å². The van der Waals surface area contributed by atoms with E-state index in [4.69, 9.17) is 9.47 Å². The van der Waals surface area contributed by atoms with Crippen molar-refractivity contribution in [2.75, 3.05) is 20.3 Å². The van der Waals surface area contributed by atoms with Gasteiger partial charge in [0, 0.05) is 22.2 Å². The summed E-state index contributed by atoms with van der Waals surface area (Å²) >= 11 is 3.29. The van der Waals surface area contributed by atoms with Crippen LogP contribution < -0.4 is 14.8 Å². The molecule has 1 atom stereocenters. The van der Waals surface area contributed by atoms with Crippen LogP contribution in [0.4, 0.5) is 0 Å². The van der Waals surface area contributed by atoms with E-state index in [1.807, 2.05) is 18.2 Å². The first-order valence-corrected chi connectivity index (χ1v) is 6.75. The van der Waals surface area contributed by atoms with E-state index in [1.165, 1.54) is 0 Å². The second-order valence-corrected chi connectivity index (χ2v) is 5.11. The number of benzene rings is 1. The van der Waals surface area contributed by atoms with E-state index in [0.29, 0.717) is 6.61 Å². The summed E-state index contributed by atoms with van der Waals surface area (Å²) in [4.78, 5) is 0. The predicted octanol–water partition coefficient (Wildman–Crippen LogP) is 3.65. The predicted molar refractivity (Wildman–Crippen MR) is 78.6 cm³/mol. The maximum absolute atomic E-state index is 5.74. The zero-order valence-corrected chi connectivity index (χ0v) is 12.7. The van der Waals surface area contributed by atoms with Crippen LogP contribution in [0.2, 0.25) is 0 Å². The molecule has 1 aromatic carbocycles. The van der Waals surface area contributed by atoms with Crippen LogP contribution in [-0.2, 0) is 0 Å². The molecular formula is C14H20BrNO2. The Morgan fingerprint density at radius 2 is 2.22 bits per heavy atom. The number of rotatable bonds is 7. The third kappa shape index (κ3) is 4.35. The van der Waals surface area contributed by atoms with E-state index in [9.17, 15) is 0 Å². The molecule has 0 saturated heterocycles. The molecule has 1 rings (SSSR count). The number of nitrogens with one attached hydrogen (secondary N) is 1. The van der Waals surface area contributed by atoms with Crippen LogP contribution in [0.1, 0.15) is 25.5 Å². The largest absolute Gasteiger partial charge is 0.497 e. The van der Waals surface area contributed by atoms with Gasteiger partial charge >= 0.3 is 0 Å². The first-order valence-electron chi connectivity index (χ1n) is 5.95. The fraction of sp³-hybridized carbons (Fsp3) is 0.429. The lowest BCUT2D eigenvalue weighted by molar-refractivity contribution is 0.346. The van der Waals surface area contributed by atoms with Gasteiger partial charge in [0.25, 0.3) is 0 Å². The molecule has 0 bridgehead atoms. The Hall–Kier alpha value is -1.00. The van der Waals surface area contributed by atoms with Gasteiger partial charge < -0.3 is 14.8 Å². The van der Waals surface area contributed by atoms with Crippen LogP contribution in [0.5, 0.6) is 11.5 Å². The molecule has 0 aromatic heterocycles. The van der Waals surface area contributed by atoms with Crippen LogP contribution in [0, 0.1) is 0 Å². The summed E-state index contributed by atoms with van der Waals surface area (Å²) in [6, 6.07) is 6.11. The van der Waals surface area contributed by atoms with Gasteiger partial charge in [0.15, 0.2) is 0 Å². The number of ether oxygens (including phenoxy) is 2. The Morgan fingerprint density at radius 3 is 2.78 bits per heavy atom. The zero-order valence-electron chi connectivity index (χ0n) is 11.1. The van der Waals surface area contributed by atoms with E-state index in [0.717, 1.165) is 28.1 Å². The molecule has 0 aliphatic rings. The second kappa shape index (κ2) is 7.44. The Balaban J connectivity index is 2.95. The second-order valence-electron chi connectivity index (χ2n) is 3.99. The summed E-state index contributed by atoms with van der Waals surface area (Å²) < 4.78 is 11.8. The van der Waals surface area contributed by atoms with Crippen LogP contribution in [-0.4, -0.2) is 20.3 Å². The molecule has 3 nitrogen and oxygen atoms in total. The Bertz CT molecular complexity index is 407. The third-order valence-electron chi connectivity index (χ3n) is 2.58. The first kappa shape index (κ1) is 15.1.